The highest BCUT2D eigenvalue weighted by Gasteiger charge is 2.11. The molecular formula is C12H17NO3. The minimum absolute atomic E-state index is 0.0899. The van der Waals surface area contributed by atoms with Crippen molar-refractivity contribution in [2.45, 2.75) is 25.8 Å². The van der Waals surface area contributed by atoms with Crippen LogP contribution in [0.5, 0.6) is 5.75 Å². The van der Waals surface area contributed by atoms with Crippen LogP contribution < -0.4 is 10.5 Å². The molecule has 0 aromatic heterocycles. The van der Waals surface area contributed by atoms with Crippen molar-refractivity contribution in [2.24, 2.45) is 5.73 Å². The predicted molar refractivity (Wildman–Crippen MR) is 61.5 cm³/mol. The second-order valence-electron chi connectivity index (χ2n) is 3.76. The quantitative estimate of drug-likeness (QED) is 0.799. The first-order valence-electron chi connectivity index (χ1n) is 5.16. The van der Waals surface area contributed by atoms with E-state index in [2.05, 4.69) is 0 Å². The van der Waals surface area contributed by atoms with Crippen LogP contribution in [0.4, 0.5) is 0 Å². The molecule has 3 N–H and O–H groups in total. The van der Waals surface area contributed by atoms with Gasteiger partial charge in [0.15, 0.2) is 0 Å². The summed E-state index contributed by atoms with van der Waals surface area (Å²) in [4.78, 5) is 10.4. The number of benzene rings is 1. The fourth-order valence-corrected chi connectivity index (χ4v) is 1.63. The Morgan fingerprint density at radius 3 is 2.75 bits per heavy atom. The SMILES string of the molecule is COc1ccc(C(N)CCC(=O)O)c(C)c1. The van der Waals surface area contributed by atoms with Crippen molar-refractivity contribution < 1.29 is 14.6 Å². The molecule has 0 heterocycles. The molecule has 0 aliphatic carbocycles. The van der Waals surface area contributed by atoms with Gasteiger partial charge in [0.25, 0.3) is 0 Å². The van der Waals surface area contributed by atoms with E-state index in [9.17, 15) is 4.79 Å². The van der Waals surface area contributed by atoms with E-state index < -0.39 is 5.97 Å². The molecule has 4 nitrogen and oxygen atoms in total. The van der Waals surface area contributed by atoms with Gasteiger partial charge in [0.05, 0.1) is 7.11 Å². The van der Waals surface area contributed by atoms with Gasteiger partial charge >= 0.3 is 5.97 Å². The Bertz CT molecular complexity index is 377. The van der Waals surface area contributed by atoms with E-state index in [4.69, 9.17) is 15.6 Å². The van der Waals surface area contributed by atoms with Crippen LogP contribution in [0.25, 0.3) is 0 Å². The van der Waals surface area contributed by atoms with E-state index >= 15 is 0 Å². The van der Waals surface area contributed by atoms with Gasteiger partial charge in [-0.05, 0) is 36.6 Å². The molecule has 0 amide bonds. The fraction of sp³-hybridized carbons (Fsp3) is 0.417. The number of carboxylic acid groups (broad SMARTS) is 1. The van der Waals surface area contributed by atoms with Crippen LogP contribution in [-0.4, -0.2) is 18.2 Å². The maximum Gasteiger partial charge on any atom is 0.303 e. The Morgan fingerprint density at radius 2 is 2.25 bits per heavy atom. The normalized spacial score (nSPS) is 12.2. The maximum absolute atomic E-state index is 10.4. The molecule has 1 unspecified atom stereocenters. The number of nitrogens with two attached hydrogens (primary N) is 1. The molecule has 0 saturated heterocycles. The third-order valence-electron chi connectivity index (χ3n) is 2.55. The third kappa shape index (κ3) is 3.24. The van der Waals surface area contributed by atoms with Gasteiger partial charge < -0.3 is 15.6 Å². The smallest absolute Gasteiger partial charge is 0.303 e. The van der Waals surface area contributed by atoms with Gasteiger partial charge in [-0.15, -0.1) is 0 Å². The summed E-state index contributed by atoms with van der Waals surface area (Å²) in [6.45, 7) is 1.94. The zero-order chi connectivity index (χ0) is 12.1. The van der Waals surface area contributed by atoms with Gasteiger partial charge in [0.2, 0.25) is 0 Å². The van der Waals surface area contributed by atoms with Crippen LogP contribution in [-0.2, 0) is 4.79 Å². The van der Waals surface area contributed by atoms with Crippen LogP contribution in [0.1, 0.15) is 30.0 Å². The second-order valence-corrected chi connectivity index (χ2v) is 3.76. The van der Waals surface area contributed by atoms with Gasteiger partial charge in [0, 0.05) is 12.5 Å². The van der Waals surface area contributed by atoms with Crippen molar-refractivity contribution in [3.63, 3.8) is 0 Å². The molecule has 0 saturated carbocycles. The van der Waals surface area contributed by atoms with Crippen molar-refractivity contribution in [2.75, 3.05) is 7.11 Å². The fourth-order valence-electron chi connectivity index (χ4n) is 1.63. The summed E-state index contributed by atoms with van der Waals surface area (Å²) in [5, 5.41) is 8.59. The molecule has 0 fully saturated rings. The Hall–Kier alpha value is -1.55. The lowest BCUT2D eigenvalue weighted by molar-refractivity contribution is -0.137. The number of rotatable bonds is 5. The highest BCUT2D eigenvalue weighted by atomic mass is 16.5. The van der Waals surface area contributed by atoms with Crippen molar-refractivity contribution in [1.82, 2.24) is 0 Å². The number of carbonyl (C=O) groups is 1. The zero-order valence-corrected chi connectivity index (χ0v) is 9.56. The molecular weight excluding hydrogens is 206 g/mol. The van der Waals surface area contributed by atoms with Crippen molar-refractivity contribution >= 4 is 5.97 Å². The number of carboxylic acids is 1. The monoisotopic (exact) mass is 223 g/mol. The van der Waals surface area contributed by atoms with Crippen LogP contribution >= 0.6 is 0 Å². The summed E-state index contributed by atoms with van der Waals surface area (Å²) in [5.74, 6) is -0.0340. The lowest BCUT2D eigenvalue weighted by Crippen LogP contribution is -2.13. The Labute approximate surface area is 95.0 Å². The molecule has 0 radical (unpaired) electrons. The minimum Gasteiger partial charge on any atom is -0.497 e. The van der Waals surface area contributed by atoms with Gasteiger partial charge in [-0.25, -0.2) is 0 Å². The summed E-state index contributed by atoms with van der Waals surface area (Å²) in [6.07, 6.45) is 0.537. The van der Waals surface area contributed by atoms with E-state index in [-0.39, 0.29) is 12.5 Å². The molecule has 0 bridgehead atoms. The molecule has 4 heteroatoms. The zero-order valence-electron chi connectivity index (χ0n) is 9.56. The third-order valence-corrected chi connectivity index (χ3v) is 2.55. The maximum atomic E-state index is 10.4. The van der Waals surface area contributed by atoms with Crippen LogP contribution in [0.15, 0.2) is 18.2 Å². The summed E-state index contributed by atoms with van der Waals surface area (Å²) < 4.78 is 5.09. The number of ether oxygens (including phenoxy) is 1. The standard InChI is InChI=1S/C12H17NO3/c1-8-7-9(16-2)3-4-10(8)11(13)5-6-12(14)15/h3-4,7,11H,5-6,13H2,1-2H3,(H,14,15). The van der Waals surface area contributed by atoms with Crippen molar-refractivity contribution in [3.8, 4) is 5.75 Å². The summed E-state index contributed by atoms with van der Waals surface area (Å²) in [5.41, 5.74) is 7.93. The molecule has 0 aliphatic heterocycles. The highest BCUT2D eigenvalue weighted by Crippen LogP contribution is 2.23. The molecule has 0 spiro atoms. The van der Waals surface area contributed by atoms with Crippen molar-refractivity contribution in [1.29, 1.82) is 0 Å². The van der Waals surface area contributed by atoms with Gasteiger partial charge in [-0.1, -0.05) is 6.07 Å². The Kier molecular flexibility index (Phi) is 4.31. The molecule has 1 atom stereocenters. The molecule has 1 rings (SSSR count). The lowest BCUT2D eigenvalue weighted by atomic mass is 9.98. The van der Waals surface area contributed by atoms with E-state index in [0.717, 1.165) is 16.9 Å². The number of hydrogen-bond donors (Lipinski definition) is 2. The van der Waals surface area contributed by atoms with Crippen molar-refractivity contribution in [3.05, 3.63) is 29.3 Å². The average molecular weight is 223 g/mol. The summed E-state index contributed by atoms with van der Waals surface area (Å²) in [7, 11) is 1.61. The van der Waals surface area contributed by atoms with E-state index in [0.29, 0.717) is 6.42 Å². The van der Waals surface area contributed by atoms with E-state index in [1.807, 2.05) is 25.1 Å². The van der Waals surface area contributed by atoms with Gasteiger partial charge in [0.1, 0.15) is 5.75 Å². The van der Waals surface area contributed by atoms with Crippen LogP contribution in [0.3, 0.4) is 0 Å². The topological polar surface area (TPSA) is 72.5 Å². The lowest BCUT2D eigenvalue weighted by Gasteiger charge is -2.14. The molecule has 88 valence electrons. The average Bonchev–Trinajstić information content (AvgIpc) is 2.25. The Balaban J connectivity index is 2.75. The van der Waals surface area contributed by atoms with E-state index in [1.54, 1.807) is 7.11 Å². The second kappa shape index (κ2) is 5.51. The molecule has 1 aromatic carbocycles. The van der Waals surface area contributed by atoms with Gasteiger partial charge in [-0.3, -0.25) is 4.79 Å². The number of methoxy groups -OCH3 is 1. The van der Waals surface area contributed by atoms with Gasteiger partial charge in [-0.2, -0.15) is 0 Å². The molecule has 1 aromatic rings. The first-order valence-corrected chi connectivity index (χ1v) is 5.16. The first-order chi connectivity index (χ1) is 7.54. The van der Waals surface area contributed by atoms with E-state index in [1.165, 1.54) is 0 Å². The first kappa shape index (κ1) is 12.5. The summed E-state index contributed by atoms with van der Waals surface area (Å²) in [6, 6.07) is 5.39. The molecule has 0 aliphatic rings. The Morgan fingerprint density at radius 1 is 1.56 bits per heavy atom. The number of aliphatic carboxylic acids is 1. The summed E-state index contributed by atoms with van der Waals surface area (Å²) >= 11 is 0. The number of hydrogen-bond acceptors (Lipinski definition) is 3. The molecule has 16 heavy (non-hydrogen) atoms. The largest absolute Gasteiger partial charge is 0.497 e. The predicted octanol–water partition coefficient (Wildman–Crippen LogP) is 1.87. The highest BCUT2D eigenvalue weighted by molar-refractivity contribution is 5.66. The minimum atomic E-state index is -0.818. The van der Waals surface area contributed by atoms with Crippen LogP contribution in [0, 0.1) is 6.92 Å². The van der Waals surface area contributed by atoms with Crippen LogP contribution in [0.2, 0.25) is 0 Å². The number of aryl methyl sites for hydroxylation is 1.